The summed E-state index contributed by atoms with van der Waals surface area (Å²) in [7, 11) is 0. The molecule has 1 saturated carbocycles. The normalized spacial score (nSPS) is 25.9. The van der Waals surface area contributed by atoms with E-state index in [0.717, 1.165) is 12.0 Å². The Morgan fingerprint density at radius 1 is 1.25 bits per heavy atom. The summed E-state index contributed by atoms with van der Waals surface area (Å²) < 4.78 is 0. The van der Waals surface area contributed by atoms with Crippen LogP contribution in [0.15, 0.2) is 0 Å². The lowest BCUT2D eigenvalue weighted by Crippen LogP contribution is -2.46. The highest BCUT2D eigenvalue weighted by molar-refractivity contribution is 7.98. The molecule has 1 aliphatic heterocycles. The van der Waals surface area contributed by atoms with E-state index in [1.807, 2.05) is 11.8 Å². The number of thioether (sulfide) groups is 1. The van der Waals surface area contributed by atoms with Crippen LogP contribution in [0.5, 0.6) is 0 Å². The molecule has 0 amide bonds. The molecule has 2 aliphatic rings. The lowest BCUT2D eigenvalue weighted by molar-refractivity contribution is 0.187. The van der Waals surface area contributed by atoms with Crippen molar-refractivity contribution in [3.63, 3.8) is 0 Å². The molecule has 0 aromatic heterocycles. The van der Waals surface area contributed by atoms with E-state index >= 15 is 0 Å². The second-order valence-electron chi connectivity index (χ2n) is 5.54. The number of nitrogens with zero attached hydrogens (tertiary/aromatic N) is 1. The van der Waals surface area contributed by atoms with Crippen LogP contribution in [-0.4, -0.2) is 48.6 Å². The molecule has 2 fully saturated rings. The van der Waals surface area contributed by atoms with E-state index in [-0.39, 0.29) is 0 Å². The Labute approximate surface area is 105 Å². The van der Waals surface area contributed by atoms with Gasteiger partial charge in [-0.15, -0.1) is 0 Å². The monoisotopic (exact) mass is 242 g/mol. The van der Waals surface area contributed by atoms with Crippen molar-refractivity contribution in [2.24, 2.45) is 5.92 Å². The van der Waals surface area contributed by atoms with E-state index in [0.29, 0.717) is 6.04 Å². The quantitative estimate of drug-likeness (QED) is 0.769. The second-order valence-corrected chi connectivity index (χ2v) is 6.45. The minimum atomic E-state index is 0.676. The summed E-state index contributed by atoms with van der Waals surface area (Å²) in [5.41, 5.74) is 0. The number of hydrogen-bond acceptors (Lipinski definition) is 3. The summed E-state index contributed by atoms with van der Waals surface area (Å²) in [6, 6.07) is 1.45. The van der Waals surface area contributed by atoms with Crippen molar-refractivity contribution < 1.29 is 0 Å². The predicted octanol–water partition coefficient (Wildman–Crippen LogP) is 2.20. The first-order valence-electron chi connectivity index (χ1n) is 6.75. The molecule has 1 saturated heterocycles. The third-order valence-corrected chi connectivity index (χ3v) is 4.57. The van der Waals surface area contributed by atoms with Gasteiger partial charge < -0.3 is 10.2 Å². The highest BCUT2D eigenvalue weighted by atomic mass is 32.2. The van der Waals surface area contributed by atoms with Crippen LogP contribution >= 0.6 is 11.8 Å². The van der Waals surface area contributed by atoms with E-state index in [1.165, 1.54) is 51.1 Å². The molecule has 1 heterocycles. The highest BCUT2D eigenvalue weighted by Crippen LogP contribution is 2.30. The molecule has 2 rings (SSSR count). The lowest BCUT2D eigenvalue weighted by atomic mass is 10.0. The number of likely N-dealkylation sites (tertiary alicyclic amines) is 1. The summed E-state index contributed by atoms with van der Waals surface area (Å²) in [4.78, 5) is 2.68. The van der Waals surface area contributed by atoms with Gasteiger partial charge in [0.1, 0.15) is 0 Å². The molecule has 0 spiro atoms. The van der Waals surface area contributed by atoms with Crippen LogP contribution < -0.4 is 5.32 Å². The molecule has 0 aromatic rings. The van der Waals surface area contributed by atoms with Crippen molar-refractivity contribution in [2.45, 2.75) is 44.7 Å². The Kier molecular flexibility index (Phi) is 4.98. The summed E-state index contributed by atoms with van der Waals surface area (Å²) in [5.74, 6) is 2.29. The minimum absolute atomic E-state index is 0.676. The maximum atomic E-state index is 3.76. The fourth-order valence-electron chi connectivity index (χ4n) is 2.65. The molecule has 1 N–H and O–H groups in total. The van der Waals surface area contributed by atoms with Gasteiger partial charge in [0.05, 0.1) is 0 Å². The molecule has 1 atom stereocenters. The molecule has 16 heavy (non-hydrogen) atoms. The molecule has 0 aromatic carbocycles. The average Bonchev–Trinajstić information content (AvgIpc) is 3.05. The van der Waals surface area contributed by atoms with Crippen molar-refractivity contribution >= 4 is 11.8 Å². The summed E-state index contributed by atoms with van der Waals surface area (Å²) in [5, 5.41) is 3.76. The van der Waals surface area contributed by atoms with Gasteiger partial charge in [-0.3, -0.25) is 0 Å². The van der Waals surface area contributed by atoms with Gasteiger partial charge >= 0.3 is 0 Å². The van der Waals surface area contributed by atoms with Crippen molar-refractivity contribution in [1.29, 1.82) is 0 Å². The van der Waals surface area contributed by atoms with Crippen molar-refractivity contribution in [1.82, 2.24) is 10.2 Å². The number of piperidine rings is 1. The van der Waals surface area contributed by atoms with Crippen molar-refractivity contribution in [3.05, 3.63) is 0 Å². The molecule has 1 aliphatic carbocycles. The third kappa shape index (κ3) is 4.27. The third-order valence-electron chi connectivity index (χ3n) is 3.74. The van der Waals surface area contributed by atoms with Gasteiger partial charge in [-0.05, 0) is 57.9 Å². The zero-order valence-electron chi connectivity index (χ0n) is 10.7. The van der Waals surface area contributed by atoms with Crippen molar-refractivity contribution in [3.8, 4) is 0 Å². The van der Waals surface area contributed by atoms with Gasteiger partial charge in [-0.2, -0.15) is 11.8 Å². The molecule has 0 bridgehead atoms. The topological polar surface area (TPSA) is 15.3 Å². The molecular weight excluding hydrogens is 216 g/mol. The average molecular weight is 242 g/mol. The van der Waals surface area contributed by atoms with Crippen molar-refractivity contribution in [2.75, 3.05) is 31.6 Å². The number of hydrogen-bond donors (Lipinski definition) is 1. The highest BCUT2D eigenvalue weighted by Gasteiger charge is 2.27. The zero-order valence-corrected chi connectivity index (χ0v) is 11.6. The van der Waals surface area contributed by atoms with Gasteiger partial charge in [-0.1, -0.05) is 0 Å². The maximum Gasteiger partial charge on any atom is 0.0132 e. The fourth-order valence-corrected chi connectivity index (χ4v) is 3.24. The number of nitrogens with one attached hydrogen (secondary N) is 1. The molecule has 1 unspecified atom stereocenters. The standard InChI is InChI=1S/C13H26N2S/c1-11(10-16-2)14-13-5-7-15(8-6-13)9-12-3-4-12/h11-14H,3-10H2,1-2H3. The molecule has 94 valence electrons. The van der Waals surface area contributed by atoms with Crippen LogP contribution in [0.25, 0.3) is 0 Å². The van der Waals surface area contributed by atoms with Gasteiger partial charge in [0.15, 0.2) is 0 Å². The van der Waals surface area contributed by atoms with E-state index in [4.69, 9.17) is 0 Å². The summed E-state index contributed by atoms with van der Waals surface area (Å²) >= 11 is 1.94. The van der Waals surface area contributed by atoms with Crippen LogP contribution in [0.2, 0.25) is 0 Å². The smallest absolute Gasteiger partial charge is 0.0132 e. The summed E-state index contributed by atoms with van der Waals surface area (Å²) in [6.45, 7) is 6.33. The summed E-state index contributed by atoms with van der Waals surface area (Å²) in [6.07, 6.45) is 7.87. The van der Waals surface area contributed by atoms with Crippen LogP contribution in [-0.2, 0) is 0 Å². The first-order valence-corrected chi connectivity index (χ1v) is 8.14. The first kappa shape index (κ1) is 12.7. The Hall–Kier alpha value is 0.270. The van der Waals surface area contributed by atoms with Gasteiger partial charge in [0.2, 0.25) is 0 Å². The fraction of sp³-hybridized carbons (Fsp3) is 1.00. The first-order chi connectivity index (χ1) is 7.78. The van der Waals surface area contributed by atoms with Crippen LogP contribution in [0.4, 0.5) is 0 Å². The van der Waals surface area contributed by atoms with Gasteiger partial charge in [-0.25, -0.2) is 0 Å². The maximum absolute atomic E-state index is 3.76. The van der Waals surface area contributed by atoms with Gasteiger partial charge in [0, 0.05) is 24.4 Å². The van der Waals surface area contributed by atoms with Crippen LogP contribution in [0, 0.1) is 5.92 Å². The molecule has 2 nitrogen and oxygen atoms in total. The SMILES string of the molecule is CSCC(C)NC1CCN(CC2CC2)CC1. The Morgan fingerprint density at radius 2 is 1.94 bits per heavy atom. The van der Waals surface area contributed by atoms with E-state index in [1.54, 1.807) is 0 Å². The molecular formula is C13H26N2S. The van der Waals surface area contributed by atoms with Crippen LogP contribution in [0.3, 0.4) is 0 Å². The largest absolute Gasteiger partial charge is 0.311 e. The molecule has 3 heteroatoms. The van der Waals surface area contributed by atoms with Gasteiger partial charge in [0.25, 0.3) is 0 Å². The Balaban J connectivity index is 1.60. The number of rotatable bonds is 6. The second kappa shape index (κ2) is 6.27. The Morgan fingerprint density at radius 3 is 2.50 bits per heavy atom. The van der Waals surface area contributed by atoms with E-state index in [9.17, 15) is 0 Å². The van der Waals surface area contributed by atoms with E-state index < -0.39 is 0 Å². The zero-order chi connectivity index (χ0) is 11.4. The molecule has 0 radical (unpaired) electrons. The minimum Gasteiger partial charge on any atom is -0.311 e. The predicted molar refractivity (Wildman–Crippen MR) is 73.2 cm³/mol. The Bertz CT molecular complexity index is 198. The lowest BCUT2D eigenvalue weighted by Gasteiger charge is -2.33. The van der Waals surface area contributed by atoms with Crippen LogP contribution in [0.1, 0.15) is 32.6 Å². The van der Waals surface area contributed by atoms with E-state index in [2.05, 4.69) is 23.4 Å².